The van der Waals surface area contributed by atoms with Crippen LogP contribution in [0.1, 0.15) is 33.9 Å². The van der Waals surface area contributed by atoms with Crippen LogP contribution in [-0.4, -0.2) is 35.7 Å². The highest BCUT2D eigenvalue weighted by Crippen LogP contribution is 2.16. The number of carbonyl (C=O) groups excluding carboxylic acids is 1. The van der Waals surface area contributed by atoms with Crippen LogP contribution in [0.2, 0.25) is 0 Å². The second-order valence-electron chi connectivity index (χ2n) is 5.29. The summed E-state index contributed by atoms with van der Waals surface area (Å²) in [6, 6.07) is 7.80. The average molecular weight is 301 g/mol. The van der Waals surface area contributed by atoms with Crippen molar-refractivity contribution in [2.24, 2.45) is 0 Å². The van der Waals surface area contributed by atoms with Crippen molar-refractivity contribution in [1.29, 1.82) is 0 Å². The molecule has 0 aliphatic rings. The number of amides is 1. The van der Waals surface area contributed by atoms with Crippen LogP contribution < -0.4 is 5.32 Å². The lowest BCUT2D eigenvalue weighted by molar-refractivity contribution is 0.0948. The number of aromatic nitrogens is 2. The van der Waals surface area contributed by atoms with Crippen molar-refractivity contribution in [1.82, 2.24) is 14.9 Å². The third-order valence-electron chi connectivity index (χ3n) is 3.68. The molecule has 0 fully saturated rings. The van der Waals surface area contributed by atoms with E-state index in [0.29, 0.717) is 19.7 Å². The van der Waals surface area contributed by atoms with E-state index in [2.05, 4.69) is 14.9 Å². The molecule has 2 aromatic heterocycles. The molecule has 0 aromatic carbocycles. The van der Waals surface area contributed by atoms with E-state index in [1.54, 1.807) is 13.3 Å². The fraction of sp³-hybridized carbons (Fsp3) is 0.412. The van der Waals surface area contributed by atoms with Crippen molar-refractivity contribution in [3.05, 3.63) is 53.1 Å². The van der Waals surface area contributed by atoms with E-state index in [1.807, 2.05) is 38.1 Å². The summed E-state index contributed by atoms with van der Waals surface area (Å²) in [5.74, 6) is -0.0310. The first-order valence-electron chi connectivity index (χ1n) is 7.47. The normalized spacial score (nSPS) is 10.7. The van der Waals surface area contributed by atoms with Crippen LogP contribution in [0.4, 0.5) is 0 Å². The summed E-state index contributed by atoms with van der Waals surface area (Å²) in [5, 5.41) is 2.93. The lowest BCUT2D eigenvalue weighted by Gasteiger charge is -2.09. The number of nitrogens with one attached hydrogen (secondary N) is 1. The van der Waals surface area contributed by atoms with E-state index in [4.69, 9.17) is 4.74 Å². The predicted molar refractivity (Wildman–Crippen MR) is 86.1 cm³/mol. The molecule has 2 heterocycles. The quantitative estimate of drug-likeness (QED) is 0.799. The highest BCUT2D eigenvalue weighted by atomic mass is 16.5. The first-order valence-corrected chi connectivity index (χ1v) is 7.47. The molecule has 0 bridgehead atoms. The molecule has 0 aliphatic heterocycles. The number of rotatable bonds is 7. The second-order valence-corrected chi connectivity index (χ2v) is 5.29. The monoisotopic (exact) mass is 301 g/mol. The maximum absolute atomic E-state index is 12.3. The number of nitrogens with zero attached hydrogens (tertiary/aromatic N) is 2. The third-order valence-corrected chi connectivity index (χ3v) is 3.68. The molecule has 0 unspecified atom stereocenters. The zero-order valence-corrected chi connectivity index (χ0v) is 13.4. The molecule has 1 amide bonds. The number of methoxy groups -OCH3 is 1. The number of hydrogen-bond donors (Lipinski definition) is 1. The topological polar surface area (TPSA) is 56.1 Å². The zero-order valence-electron chi connectivity index (χ0n) is 13.4. The molecule has 0 saturated carbocycles. The van der Waals surface area contributed by atoms with Crippen LogP contribution in [0.15, 0.2) is 30.5 Å². The highest BCUT2D eigenvalue weighted by Gasteiger charge is 2.15. The number of ether oxygens (including phenoxy) is 1. The zero-order chi connectivity index (χ0) is 15.9. The molecular formula is C17H23N3O2. The standard InChI is InChI=1S/C17H23N3O2/c1-13-11-16(17(21)19-9-6-10-22-3)14(2)20(13)12-15-7-4-5-8-18-15/h4-5,7-8,11H,6,9-10,12H2,1-3H3,(H,19,21). The van der Waals surface area contributed by atoms with E-state index in [-0.39, 0.29) is 5.91 Å². The fourth-order valence-corrected chi connectivity index (χ4v) is 2.44. The van der Waals surface area contributed by atoms with Crippen LogP contribution >= 0.6 is 0 Å². The Morgan fingerprint density at radius 2 is 2.18 bits per heavy atom. The van der Waals surface area contributed by atoms with Crippen molar-refractivity contribution in [3.8, 4) is 0 Å². The van der Waals surface area contributed by atoms with Crippen molar-refractivity contribution in [2.45, 2.75) is 26.8 Å². The Bertz CT molecular complexity index is 620. The van der Waals surface area contributed by atoms with Crippen LogP contribution in [0.3, 0.4) is 0 Å². The minimum Gasteiger partial charge on any atom is -0.385 e. The maximum atomic E-state index is 12.3. The van der Waals surface area contributed by atoms with Gasteiger partial charge in [-0.1, -0.05) is 6.07 Å². The van der Waals surface area contributed by atoms with E-state index in [1.165, 1.54) is 0 Å². The van der Waals surface area contributed by atoms with Crippen LogP contribution in [0.5, 0.6) is 0 Å². The van der Waals surface area contributed by atoms with Gasteiger partial charge in [0.15, 0.2) is 0 Å². The fourth-order valence-electron chi connectivity index (χ4n) is 2.44. The lowest BCUT2D eigenvalue weighted by atomic mass is 10.2. The van der Waals surface area contributed by atoms with Gasteiger partial charge in [-0.3, -0.25) is 9.78 Å². The highest BCUT2D eigenvalue weighted by molar-refractivity contribution is 5.95. The summed E-state index contributed by atoms with van der Waals surface area (Å²) in [5.41, 5.74) is 3.74. The van der Waals surface area contributed by atoms with Gasteiger partial charge in [0.2, 0.25) is 0 Å². The number of aryl methyl sites for hydroxylation is 1. The molecule has 2 aromatic rings. The molecule has 118 valence electrons. The summed E-state index contributed by atoms with van der Waals surface area (Å²) in [6.45, 7) is 5.93. The van der Waals surface area contributed by atoms with Crippen LogP contribution in [0.25, 0.3) is 0 Å². The van der Waals surface area contributed by atoms with Gasteiger partial charge in [0, 0.05) is 37.8 Å². The molecule has 2 rings (SSSR count). The number of carbonyl (C=O) groups is 1. The molecule has 0 saturated heterocycles. The van der Waals surface area contributed by atoms with E-state index >= 15 is 0 Å². The summed E-state index contributed by atoms with van der Waals surface area (Å²) < 4.78 is 7.10. The average Bonchev–Trinajstić information content (AvgIpc) is 2.81. The van der Waals surface area contributed by atoms with Gasteiger partial charge >= 0.3 is 0 Å². The van der Waals surface area contributed by atoms with Gasteiger partial charge in [-0.05, 0) is 38.5 Å². The number of hydrogen-bond acceptors (Lipinski definition) is 3. The Morgan fingerprint density at radius 1 is 1.36 bits per heavy atom. The Kier molecular flexibility index (Phi) is 5.72. The van der Waals surface area contributed by atoms with E-state index in [9.17, 15) is 4.79 Å². The van der Waals surface area contributed by atoms with Gasteiger partial charge in [-0.25, -0.2) is 0 Å². The summed E-state index contributed by atoms with van der Waals surface area (Å²) in [6.07, 6.45) is 2.60. The summed E-state index contributed by atoms with van der Waals surface area (Å²) in [7, 11) is 1.66. The van der Waals surface area contributed by atoms with Crippen molar-refractivity contribution in [3.63, 3.8) is 0 Å². The Labute approximate surface area is 131 Å². The molecule has 0 spiro atoms. The molecule has 0 radical (unpaired) electrons. The van der Waals surface area contributed by atoms with Gasteiger partial charge in [0.05, 0.1) is 17.8 Å². The first-order chi connectivity index (χ1) is 10.6. The van der Waals surface area contributed by atoms with E-state index in [0.717, 1.165) is 29.1 Å². The van der Waals surface area contributed by atoms with Crippen molar-refractivity contribution < 1.29 is 9.53 Å². The van der Waals surface area contributed by atoms with Gasteiger partial charge < -0.3 is 14.6 Å². The van der Waals surface area contributed by atoms with Crippen LogP contribution in [0, 0.1) is 13.8 Å². The number of pyridine rings is 1. The minimum absolute atomic E-state index is 0.0310. The van der Waals surface area contributed by atoms with Crippen molar-refractivity contribution in [2.75, 3.05) is 20.3 Å². The smallest absolute Gasteiger partial charge is 0.253 e. The predicted octanol–water partition coefficient (Wildman–Crippen LogP) is 2.31. The van der Waals surface area contributed by atoms with Gasteiger partial charge in [-0.15, -0.1) is 0 Å². The molecule has 5 heteroatoms. The molecular weight excluding hydrogens is 278 g/mol. The van der Waals surface area contributed by atoms with Gasteiger partial charge in [0.25, 0.3) is 5.91 Å². The summed E-state index contributed by atoms with van der Waals surface area (Å²) >= 11 is 0. The van der Waals surface area contributed by atoms with Gasteiger partial charge in [0.1, 0.15) is 0 Å². The Hall–Kier alpha value is -2.14. The Balaban J connectivity index is 2.08. The Morgan fingerprint density at radius 3 is 2.86 bits per heavy atom. The molecule has 0 aliphatic carbocycles. The van der Waals surface area contributed by atoms with Crippen molar-refractivity contribution >= 4 is 5.91 Å². The van der Waals surface area contributed by atoms with E-state index < -0.39 is 0 Å². The van der Waals surface area contributed by atoms with Gasteiger partial charge in [-0.2, -0.15) is 0 Å². The first kappa shape index (κ1) is 16.2. The molecule has 22 heavy (non-hydrogen) atoms. The lowest BCUT2D eigenvalue weighted by Crippen LogP contribution is -2.25. The SMILES string of the molecule is COCCCNC(=O)c1cc(C)n(Cc2ccccn2)c1C. The summed E-state index contributed by atoms with van der Waals surface area (Å²) in [4.78, 5) is 16.6. The van der Waals surface area contributed by atoms with Crippen LogP contribution in [-0.2, 0) is 11.3 Å². The molecule has 5 nitrogen and oxygen atoms in total. The largest absolute Gasteiger partial charge is 0.385 e. The third kappa shape index (κ3) is 3.95. The minimum atomic E-state index is -0.0310. The maximum Gasteiger partial charge on any atom is 0.253 e. The molecule has 1 N–H and O–H groups in total. The second kappa shape index (κ2) is 7.75. The molecule has 0 atom stereocenters.